The average Bonchev–Trinajstić information content (AvgIpc) is 3.06. The monoisotopic (exact) mass is 348 g/mol. The molecular formula is C17H21ClN4O2. The van der Waals surface area contributed by atoms with Crippen LogP contribution in [0.2, 0.25) is 0 Å². The Hall–Kier alpha value is -1.92. The molecule has 2 aromatic rings. The van der Waals surface area contributed by atoms with Crippen LogP contribution in [0.15, 0.2) is 28.9 Å². The van der Waals surface area contributed by atoms with Crippen LogP contribution in [0.1, 0.15) is 30.7 Å². The number of rotatable bonds is 2. The van der Waals surface area contributed by atoms with Crippen molar-refractivity contribution >= 4 is 18.3 Å². The van der Waals surface area contributed by atoms with E-state index in [1.165, 1.54) is 0 Å². The lowest BCUT2D eigenvalue weighted by Gasteiger charge is -2.31. The number of oxazole rings is 1. The zero-order chi connectivity index (χ0) is 15.6. The van der Waals surface area contributed by atoms with E-state index in [0.717, 1.165) is 49.2 Å². The van der Waals surface area contributed by atoms with Gasteiger partial charge in [-0.05, 0) is 31.5 Å². The van der Waals surface area contributed by atoms with Crippen molar-refractivity contribution in [3.05, 3.63) is 36.0 Å². The van der Waals surface area contributed by atoms with Gasteiger partial charge in [-0.1, -0.05) is 6.42 Å². The third kappa shape index (κ3) is 3.30. The highest BCUT2D eigenvalue weighted by Crippen LogP contribution is 2.26. The molecule has 6 nitrogen and oxygen atoms in total. The van der Waals surface area contributed by atoms with E-state index in [1.54, 1.807) is 12.4 Å². The van der Waals surface area contributed by atoms with E-state index in [2.05, 4.69) is 15.3 Å². The van der Waals surface area contributed by atoms with Gasteiger partial charge in [-0.3, -0.25) is 9.78 Å². The molecule has 0 saturated carbocycles. The van der Waals surface area contributed by atoms with Crippen LogP contribution in [0, 0.1) is 0 Å². The first kappa shape index (κ1) is 16.9. The minimum absolute atomic E-state index is 0. The molecule has 1 atom stereocenters. The molecule has 1 saturated heterocycles. The van der Waals surface area contributed by atoms with Crippen LogP contribution in [0.5, 0.6) is 0 Å². The average molecular weight is 349 g/mol. The summed E-state index contributed by atoms with van der Waals surface area (Å²) in [5.74, 6) is 1.68. The maximum absolute atomic E-state index is 12.6. The van der Waals surface area contributed by atoms with E-state index in [9.17, 15) is 4.79 Å². The SMILES string of the molecule is Cl.O=C([C@H]1CCCCN1)N1CCc2oc(-c3cccnc3)nc2C1. The Morgan fingerprint density at radius 3 is 3.04 bits per heavy atom. The van der Waals surface area contributed by atoms with Crippen LogP contribution < -0.4 is 5.32 Å². The molecule has 0 bridgehead atoms. The topological polar surface area (TPSA) is 71.3 Å². The number of piperidine rings is 1. The molecule has 24 heavy (non-hydrogen) atoms. The number of nitrogens with zero attached hydrogens (tertiary/aromatic N) is 3. The van der Waals surface area contributed by atoms with Gasteiger partial charge in [0.1, 0.15) is 11.5 Å². The molecule has 4 rings (SSSR count). The molecule has 0 radical (unpaired) electrons. The Morgan fingerprint density at radius 2 is 2.29 bits per heavy atom. The number of halogens is 1. The largest absolute Gasteiger partial charge is 0.441 e. The van der Waals surface area contributed by atoms with E-state index in [1.807, 2.05) is 17.0 Å². The predicted octanol–water partition coefficient (Wildman–Crippen LogP) is 2.19. The van der Waals surface area contributed by atoms with Crippen LogP contribution in [-0.4, -0.2) is 39.9 Å². The number of hydrogen-bond donors (Lipinski definition) is 1. The second kappa shape index (κ2) is 7.32. The van der Waals surface area contributed by atoms with Crippen molar-refractivity contribution in [3.63, 3.8) is 0 Å². The van der Waals surface area contributed by atoms with E-state index >= 15 is 0 Å². The number of fused-ring (bicyclic) bond motifs is 1. The molecule has 1 amide bonds. The first-order chi connectivity index (χ1) is 11.3. The van der Waals surface area contributed by atoms with Crippen molar-refractivity contribution < 1.29 is 9.21 Å². The fourth-order valence-corrected chi connectivity index (χ4v) is 3.28. The van der Waals surface area contributed by atoms with E-state index in [4.69, 9.17) is 4.42 Å². The maximum Gasteiger partial charge on any atom is 0.240 e. The molecule has 128 valence electrons. The summed E-state index contributed by atoms with van der Waals surface area (Å²) in [6.45, 7) is 2.17. The lowest BCUT2D eigenvalue weighted by atomic mass is 10.0. The van der Waals surface area contributed by atoms with Crippen molar-refractivity contribution in [2.45, 2.75) is 38.3 Å². The molecule has 0 aromatic carbocycles. The van der Waals surface area contributed by atoms with Crippen molar-refractivity contribution in [2.24, 2.45) is 0 Å². The van der Waals surface area contributed by atoms with E-state index in [0.29, 0.717) is 19.0 Å². The van der Waals surface area contributed by atoms with Gasteiger partial charge in [-0.25, -0.2) is 4.98 Å². The van der Waals surface area contributed by atoms with Crippen LogP contribution in [0.3, 0.4) is 0 Å². The summed E-state index contributed by atoms with van der Waals surface area (Å²) < 4.78 is 5.86. The van der Waals surface area contributed by atoms with E-state index < -0.39 is 0 Å². The molecule has 4 heterocycles. The second-order valence-electron chi connectivity index (χ2n) is 6.14. The van der Waals surface area contributed by atoms with Crippen LogP contribution in [0.25, 0.3) is 11.5 Å². The molecular weight excluding hydrogens is 328 g/mol. The molecule has 2 aromatic heterocycles. The smallest absolute Gasteiger partial charge is 0.240 e. The highest BCUT2D eigenvalue weighted by Gasteiger charge is 2.30. The summed E-state index contributed by atoms with van der Waals surface area (Å²) in [7, 11) is 0. The van der Waals surface area contributed by atoms with Gasteiger partial charge in [0.2, 0.25) is 11.8 Å². The van der Waals surface area contributed by atoms with Gasteiger partial charge in [0.05, 0.1) is 18.2 Å². The number of carbonyl (C=O) groups excluding carboxylic acids is 1. The van der Waals surface area contributed by atoms with Crippen molar-refractivity contribution in [2.75, 3.05) is 13.1 Å². The quantitative estimate of drug-likeness (QED) is 0.900. The number of carbonyl (C=O) groups is 1. The zero-order valence-electron chi connectivity index (χ0n) is 13.4. The highest BCUT2D eigenvalue weighted by atomic mass is 35.5. The molecule has 7 heteroatoms. The van der Waals surface area contributed by atoms with Gasteiger partial charge in [0.15, 0.2) is 0 Å². The first-order valence-corrected chi connectivity index (χ1v) is 8.22. The normalized spacial score (nSPS) is 20.2. The summed E-state index contributed by atoms with van der Waals surface area (Å²) in [5.41, 5.74) is 1.74. The number of amides is 1. The number of nitrogens with one attached hydrogen (secondary N) is 1. The van der Waals surface area contributed by atoms with Crippen molar-refractivity contribution in [1.82, 2.24) is 20.2 Å². The highest BCUT2D eigenvalue weighted by molar-refractivity contribution is 5.85. The Morgan fingerprint density at radius 1 is 1.38 bits per heavy atom. The van der Waals surface area contributed by atoms with Gasteiger partial charge < -0.3 is 14.6 Å². The lowest BCUT2D eigenvalue weighted by molar-refractivity contribution is -0.135. The summed E-state index contributed by atoms with van der Waals surface area (Å²) in [4.78, 5) is 23.2. The summed E-state index contributed by atoms with van der Waals surface area (Å²) >= 11 is 0. The second-order valence-corrected chi connectivity index (χ2v) is 6.14. The lowest BCUT2D eigenvalue weighted by Crippen LogP contribution is -2.49. The zero-order valence-corrected chi connectivity index (χ0v) is 14.2. The molecule has 2 aliphatic heterocycles. The first-order valence-electron chi connectivity index (χ1n) is 8.22. The Balaban J connectivity index is 0.00000169. The minimum atomic E-state index is -0.0324. The summed E-state index contributed by atoms with van der Waals surface area (Å²) in [5, 5.41) is 3.33. The molecule has 0 aliphatic carbocycles. The Labute approximate surface area is 147 Å². The third-order valence-corrected chi connectivity index (χ3v) is 4.56. The van der Waals surface area contributed by atoms with Gasteiger partial charge in [0.25, 0.3) is 0 Å². The molecule has 1 N–H and O–H groups in total. The van der Waals surface area contributed by atoms with Crippen molar-refractivity contribution in [3.8, 4) is 11.5 Å². The predicted molar refractivity (Wildman–Crippen MR) is 91.7 cm³/mol. The maximum atomic E-state index is 12.6. The fraction of sp³-hybridized carbons (Fsp3) is 0.471. The number of pyridine rings is 1. The van der Waals surface area contributed by atoms with Crippen LogP contribution in [-0.2, 0) is 17.8 Å². The molecule has 1 fully saturated rings. The summed E-state index contributed by atoms with van der Waals surface area (Å²) in [6, 6.07) is 3.76. The van der Waals surface area contributed by atoms with Gasteiger partial charge in [-0.2, -0.15) is 0 Å². The molecule has 2 aliphatic rings. The third-order valence-electron chi connectivity index (χ3n) is 4.56. The summed E-state index contributed by atoms with van der Waals surface area (Å²) in [6.07, 6.45) is 7.41. The fourth-order valence-electron chi connectivity index (χ4n) is 3.28. The van der Waals surface area contributed by atoms with E-state index in [-0.39, 0.29) is 24.4 Å². The van der Waals surface area contributed by atoms with Gasteiger partial charge in [0, 0.05) is 25.4 Å². The molecule has 0 unspecified atom stereocenters. The molecule has 0 spiro atoms. The van der Waals surface area contributed by atoms with Crippen LogP contribution in [0.4, 0.5) is 0 Å². The standard InChI is InChI=1S/C17H20N4O2.ClH/c22-17(13-5-1-2-8-19-13)21-9-6-15-14(11-21)20-16(23-15)12-4-3-7-18-10-12;/h3-4,7,10,13,19H,1-2,5-6,8-9,11H2;1H/t13-;/m1./s1. The van der Waals surface area contributed by atoms with Gasteiger partial charge in [-0.15, -0.1) is 12.4 Å². The van der Waals surface area contributed by atoms with Gasteiger partial charge >= 0.3 is 0 Å². The Bertz CT molecular complexity index is 698. The number of aromatic nitrogens is 2. The minimum Gasteiger partial charge on any atom is -0.441 e. The Kier molecular flexibility index (Phi) is 5.16. The van der Waals surface area contributed by atoms with Crippen LogP contribution >= 0.6 is 12.4 Å². The number of hydrogen-bond acceptors (Lipinski definition) is 5. The van der Waals surface area contributed by atoms with Crippen molar-refractivity contribution in [1.29, 1.82) is 0 Å².